The average Bonchev–Trinajstić information content (AvgIpc) is 2.66. The van der Waals surface area contributed by atoms with E-state index in [1.807, 2.05) is 13.8 Å². The second kappa shape index (κ2) is 7.80. The molecule has 0 spiro atoms. The van der Waals surface area contributed by atoms with Gasteiger partial charge in [-0.3, -0.25) is 9.36 Å². The summed E-state index contributed by atoms with van der Waals surface area (Å²) in [7, 11) is -3.35. The van der Waals surface area contributed by atoms with Crippen molar-refractivity contribution in [3.8, 4) is 0 Å². The number of fused-ring (bicyclic) bond motifs is 1. The summed E-state index contributed by atoms with van der Waals surface area (Å²) in [6, 6.07) is 2.93. The molecule has 0 aromatic carbocycles. The third-order valence-electron chi connectivity index (χ3n) is 4.08. The number of hydrogen-bond acceptors (Lipinski definition) is 8. The van der Waals surface area contributed by atoms with Crippen molar-refractivity contribution >= 4 is 38.4 Å². The van der Waals surface area contributed by atoms with Crippen molar-refractivity contribution in [1.29, 1.82) is 0 Å². The zero-order chi connectivity index (χ0) is 20.5. The van der Waals surface area contributed by atoms with Crippen molar-refractivity contribution in [2.45, 2.75) is 38.4 Å². The van der Waals surface area contributed by atoms with E-state index in [-0.39, 0.29) is 40.0 Å². The fourth-order valence-electron chi connectivity index (χ4n) is 2.61. The molecule has 11 heteroatoms. The summed E-state index contributed by atoms with van der Waals surface area (Å²) >= 11 is 5.85. The van der Waals surface area contributed by atoms with Gasteiger partial charge in [-0.05, 0) is 37.1 Å². The summed E-state index contributed by atoms with van der Waals surface area (Å²) in [5.41, 5.74) is 1.17. The summed E-state index contributed by atoms with van der Waals surface area (Å²) in [5.74, 6) is 0.122. The van der Waals surface area contributed by atoms with Crippen LogP contribution in [0.15, 0.2) is 34.3 Å². The first kappa shape index (κ1) is 20.2. The normalized spacial score (nSPS) is 11.9. The van der Waals surface area contributed by atoms with Crippen molar-refractivity contribution in [3.63, 3.8) is 0 Å². The van der Waals surface area contributed by atoms with Crippen LogP contribution in [0.25, 0.3) is 11.2 Å². The van der Waals surface area contributed by atoms with Crippen molar-refractivity contribution in [3.05, 3.63) is 45.7 Å². The first-order valence-electron chi connectivity index (χ1n) is 8.59. The van der Waals surface area contributed by atoms with E-state index < -0.39 is 9.84 Å². The number of pyridine rings is 1. The highest BCUT2D eigenvalue weighted by atomic mass is 35.5. The lowest BCUT2D eigenvalue weighted by molar-refractivity contribution is 0.593. The molecule has 0 saturated heterocycles. The minimum absolute atomic E-state index is 0.0144. The van der Waals surface area contributed by atoms with Crippen LogP contribution in [0.2, 0.25) is 5.28 Å². The Morgan fingerprint density at radius 2 is 1.93 bits per heavy atom. The molecule has 3 aromatic rings. The Kier molecular flexibility index (Phi) is 5.61. The smallest absolute Gasteiger partial charge is 0.295 e. The largest absolute Gasteiger partial charge is 0.361 e. The fourth-order valence-corrected chi connectivity index (χ4v) is 3.52. The molecule has 0 atom stereocenters. The highest BCUT2D eigenvalue weighted by molar-refractivity contribution is 7.91. The number of rotatable bonds is 6. The third-order valence-corrected chi connectivity index (χ3v) is 5.90. The highest BCUT2D eigenvalue weighted by Crippen LogP contribution is 2.16. The second-order valence-electron chi connectivity index (χ2n) is 6.34. The van der Waals surface area contributed by atoms with E-state index in [1.165, 1.54) is 23.0 Å². The molecule has 28 heavy (non-hydrogen) atoms. The van der Waals surface area contributed by atoms with Crippen molar-refractivity contribution in [2.75, 3.05) is 11.1 Å². The van der Waals surface area contributed by atoms with Crippen LogP contribution in [-0.2, 0) is 16.4 Å². The van der Waals surface area contributed by atoms with Crippen molar-refractivity contribution < 1.29 is 8.42 Å². The van der Waals surface area contributed by atoms with E-state index in [9.17, 15) is 13.2 Å². The lowest BCUT2D eigenvalue weighted by Gasteiger charge is -2.15. The molecule has 3 rings (SSSR count). The molecule has 0 unspecified atom stereocenters. The van der Waals surface area contributed by atoms with Gasteiger partial charge in [-0.25, -0.2) is 23.4 Å². The van der Waals surface area contributed by atoms with E-state index in [0.717, 1.165) is 0 Å². The van der Waals surface area contributed by atoms with Gasteiger partial charge in [-0.1, -0.05) is 13.0 Å². The second-order valence-corrected chi connectivity index (χ2v) is 8.90. The van der Waals surface area contributed by atoms with Crippen LogP contribution >= 0.6 is 11.6 Å². The minimum Gasteiger partial charge on any atom is -0.361 e. The molecule has 1 N–H and O–H groups in total. The van der Waals surface area contributed by atoms with Crippen LogP contribution in [0.4, 0.5) is 5.82 Å². The van der Waals surface area contributed by atoms with Gasteiger partial charge < -0.3 is 5.32 Å². The Hall–Kier alpha value is -2.59. The van der Waals surface area contributed by atoms with Gasteiger partial charge in [0.25, 0.3) is 5.56 Å². The maximum atomic E-state index is 12.8. The monoisotopic (exact) mass is 422 g/mol. The van der Waals surface area contributed by atoms with Gasteiger partial charge in [0.2, 0.25) is 5.28 Å². The molecule has 9 nitrogen and oxygen atoms in total. The molecule has 0 radical (unpaired) electrons. The predicted octanol–water partition coefficient (Wildman–Crippen LogP) is 2.22. The van der Waals surface area contributed by atoms with Gasteiger partial charge in [0.05, 0.1) is 11.9 Å². The van der Waals surface area contributed by atoms with Gasteiger partial charge in [0.1, 0.15) is 5.52 Å². The zero-order valence-corrected chi connectivity index (χ0v) is 17.1. The first-order chi connectivity index (χ1) is 13.2. The molecule has 0 amide bonds. The Morgan fingerprint density at radius 3 is 2.54 bits per heavy atom. The van der Waals surface area contributed by atoms with Crippen LogP contribution in [0, 0.1) is 0 Å². The topological polar surface area (TPSA) is 120 Å². The summed E-state index contributed by atoms with van der Waals surface area (Å²) < 4.78 is 25.2. The van der Waals surface area contributed by atoms with Crippen LogP contribution in [0.1, 0.15) is 32.4 Å². The first-order valence-corrected chi connectivity index (χ1v) is 10.6. The van der Waals surface area contributed by atoms with E-state index in [2.05, 4.69) is 25.3 Å². The van der Waals surface area contributed by atoms with Gasteiger partial charge in [0.15, 0.2) is 26.3 Å². The Balaban J connectivity index is 1.92. The maximum Gasteiger partial charge on any atom is 0.295 e. The van der Waals surface area contributed by atoms with Gasteiger partial charge in [-0.15, -0.1) is 0 Å². The Bertz CT molecular complexity index is 1180. The third kappa shape index (κ3) is 3.97. The molecule has 0 bridgehead atoms. The SMILES string of the molecule is CCS(=O)(=O)c1ccc(CNc2nc3cnc(Cl)nc3n(C(C)C)c2=O)cn1. The van der Waals surface area contributed by atoms with E-state index in [0.29, 0.717) is 16.7 Å². The number of nitrogens with one attached hydrogen (secondary N) is 1. The van der Waals surface area contributed by atoms with Gasteiger partial charge >= 0.3 is 0 Å². The zero-order valence-electron chi connectivity index (χ0n) is 15.5. The molecule has 148 valence electrons. The predicted molar refractivity (Wildman–Crippen MR) is 106 cm³/mol. The average molecular weight is 423 g/mol. The quantitative estimate of drug-likeness (QED) is 0.600. The lowest BCUT2D eigenvalue weighted by atomic mass is 10.3. The number of anilines is 1. The van der Waals surface area contributed by atoms with Crippen molar-refractivity contribution in [1.82, 2.24) is 24.5 Å². The van der Waals surface area contributed by atoms with Gasteiger partial charge in [0, 0.05) is 18.8 Å². The summed E-state index contributed by atoms with van der Waals surface area (Å²) in [4.78, 5) is 29.2. The Labute approximate surface area is 166 Å². The van der Waals surface area contributed by atoms with Crippen LogP contribution < -0.4 is 10.9 Å². The lowest BCUT2D eigenvalue weighted by Crippen LogP contribution is -2.27. The molecule has 3 aromatic heterocycles. The van der Waals surface area contributed by atoms with E-state index >= 15 is 0 Å². The fraction of sp³-hybridized carbons (Fsp3) is 0.353. The maximum absolute atomic E-state index is 12.8. The van der Waals surface area contributed by atoms with Crippen molar-refractivity contribution in [2.24, 2.45) is 0 Å². The molecule has 0 aliphatic carbocycles. The van der Waals surface area contributed by atoms with Crippen LogP contribution in [-0.4, -0.2) is 38.7 Å². The van der Waals surface area contributed by atoms with E-state index in [4.69, 9.17) is 11.6 Å². The number of hydrogen-bond donors (Lipinski definition) is 1. The molecule has 3 heterocycles. The standard InChI is InChI=1S/C17H19ClN6O3S/c1-4-28(26,27)13-6-5-11(7-19-13)8-20-14-16(25)24(10(2)3)15-12(22-14)9-21-17(18)23-15/h5-7,9-10H,4,8H2,1-3H3,(H,20,22). The van der Waals surface area contributed by atoms with Crippen LogP contribution in [0.3, 0.4) is 0 Å². The molecule has 0 aliphatic rings. The number of nitrogens with zero attached hydrogens (tertiary/aromatic N) is 5. The summed E-state index contributed by atoms with van der Waals surface area (Å²) in [6.07, 6.45) is 2.92. The number of aromatic nitrogens is 5. The molecule has 0 saturated carbocycles. The molecule has 0 aliphatic heterocycles. The molecule has 0 fully saturated rings. The summed E-state index contributed by atoms with van der Waals surface area (Å²) in [5, 5.41) is 3.05. The summed E-state index contributed by atoms with van der Waals surface area (Å²) in [6.45, 7) is 5.53. The number of sulfone groups is 1. The van der Waals surface area contributed by atoms with Gasteiger partial charge in [-0.2, -0.15) is 4.98 Å². The Morgan fingerprint density at radius 1 is 1.18 bits per heavy atom. The molecular weight excluding hydrogens is 404 g/mol. The van der Waals surface area contributed by atoms with Crippen LogP contribution in [0.5, 0.6) is 0 Å². The number of halogens is 1. The molecular formula is C17H19ClN6O3S. The van der Waals surface area contributed by atoms with E-state index in [1.54, 1.807) is 13.0 Å². The highest BCUT2D eigenvalue weighted by Gasteiger charge is 2.16. The minimum atomic E-state index is -3.35.